The third kappa shape index (κ3) is 5.11. The van der Waals surface area contributed by atoms with Gasteiger partial charge in [0.2, 0.25) is 4.96 Å². The van der Waals surface area contributed by atoms with Gasteiger partial charge in [0.1, 0.15) is 17.4 Å². The zero-order valence-electron chi connectivity index (χ0n) is 15.0. The van der Waals surface area contributed by atoms with Crippen LogP contribution in [0.5, 0.6) is 5.75 Å². The van der Waals surface area contributed by atoms with Crippen LogP contribution in [-0.4, -0.2) is 40.9 Å². The molecule has 0 N–H and O–H groups in total. The van der Waals surface area contributed by atoms with Crippen molar-refractivity contribution in [1.82, 2.24) is 14.6 Å². The Hall–Kier alpha value is -2.78. The number of benzene rings is 1. The van der Waals surface area contributed by atoms with Crippen molar-refractivity contribution in [3.8, 4) is 5.75 Å². The van der Waals surface area contributed by atoms with Gasteiger partial charge in [0, 0.05) is 19.6 Å². The maximum atomic E-state index is 12.1. The summed E-state index contributed by atoms with van der Waals surface area (Å²) in [4.78, 5) is 28.8. The van der Waals surface area contributed by atoms with E-state index in [-0.39, 0.29) is 18.8 Å². The third-order valence-corrected chi connectivity index (χ3v) is 4.59. The Kier molecular flexibility index (Phi) is 6.15. The van der Waals surface area contributed by atoms with Gasteiger partial charge in [-0.25, -0.2) is 9.78 Å². The Morgan fingerprint density at radius 3 is 2.78 bits per heavy atom. The molecule has 1 aromatic carbocycles. The second-order valence-electron chi connectivity index (χ2n) is 5.78. The summed E-state index contributed by atoms with van der Waals surface area (Å²) in [5, 5.41) is 4.96. The van der Waals surface area contributed by atoms with Crippen molar-refractivity contribution >= 4 is 22.3 Å². The normalized spacial score (nSPS) is 10.9. The molecule has 0 aliphatic rings. The van der Waals surface area contributed by atoms with E-state index in [1.807, 2.05) is 19.1 Å². The van der Waals surface area contributed by atoms with Gasteiger partial charge in [-0.15, -0.1) is 0 Å². The highest BCUT2D eigenvalue weighted by Crippen LogP contribution is 2.13. The lowest BCUT2D eigenvalue weighted by molar-refractivity contribution is -0.147. The summed E-state index contributed by atoms with van der Waals surface area (Å²) in [7, 11) is 1.60. The first kappa shape index (κ1) is 19.0. The highest BCUT2D eigenvalue weighted by molar-refractivity contribution is 7.16. The monoisotopic (exact) mass is 389 g/mol. The van der Waals surface area contributed by atoms with Crippen LogP contribution in [0.1, 0.15) is 16.3 Å². The first-order valence-corrected chi connectivity index (χ1v) is 9.09. The molecule has 0 atom stereocenters. The lowest BCUT2D eigenvalue weighted by atomic mass is 10.2. The average molecular weight is 389 g/mol. The molecule has 9 heteroatoms. The fraction of sp³-hybridized carbons (Fsp3) is 0.333. The number of aromatic nitrogens is 3. The van der Waals surface area contributed by atoms with Crippen molar-refractivity contribution in [2.75, 3.05) is 20.3 Å². The second-order valence-corrected chi connectivity index (χ2v) is 6.82. The number of methoxy groups -OCH3 is 1. The molecule has 2 heterocycles. The predicted octanol–water partition coefficient (Wildman–Crippen LogP) is 1.77. The molecule has 142 valence electrons. The topological polar surface area (TPSA) is 92.0 Å². The van der Waals surface area contributed by atoms with Gasteiger partial charge in [-0.1, -0.05) is 29.0 Å². The van der Waals surface area contributed by atoms with E-state index in [0.717, 1.165) is 10.6 Å². The Balaban J connectivity index is 1.58. The van der Waals surface area contributed by atoms with E-state index in [1.165, 1.54) is 21.9 Å². The molecular weight excluding hydrogens is 370 g/mol. The standard InChI is InChI=1S/C18H19N3O5S/c1-12-3-5-14(6-4-12)25-11-17(23)26-10-13-9-16(22)21-18(19-13)27-15(20-21)7-8-24-2/h3-6,9H,7-8,10-11H2,1-2H3. The zero-order valence-corrected chi connectivity index (χ0v) is 15.8. The number of aryl methyl sites for hydroxylation is 1. The minimum atomic E-state index is -0.539. The van der Waals surface area contributed by atoms with E-state index >= 15 is 0 Å². The molecule has 0 saturated carbocycles. The highest BCUT2D eigenvalue weighted by Gasteiger charge is 2.11. The minimum Gasteiger partial charge on any atom is -0.482 e. The second kappa shape index (κ2) is 8.74. The lowest BCUT2D eigenvalue weighted by Gasteiger charge is -2.07. The van der Waals surface area contributed by atoms with Crippen molar-refractivity contribution in [3.63, 3.8) is 0 Å². The van der Waals surface area contributed by atoms with Crippen LogP contribution in [0.2, 0.25) is 0 Å². The number of esters is 1. The molecular formula is C18H19N3O5S. The summed E-state index contributed by atoms with van der Waals surface area (Å²) in [6.45, 7) is 2.16. The molecule has 27 heavy (non-hydrogen) atoms. The van der Waals surface area contributed by atoms with Crippen molar-refractivity contribution in [2.24, 2.45) is 0 Å². The Labute approximate surface area is 159 Å². The van der Waals surface area contributed by atoms with Crippen molar-refractivity contribution in [2.45, 2.75) is 20.0 Å². The number of hydrogen-bond donors (Lipinski definition) is 0. The number of ether oxygens (including phenoxy) is 3. The third-order valence-electron chi connectivity index (χ3n) is 3.62. The van der Waals surface area contributed by atoms with Gasteiger partial charge in [0.15, 0.2) is 6.61 Å². The molecule has 0 saturated heterocycles. The number of nitrogens with zero attached hydrogens (tertiary/aromatic N) is 3. The van der Waals surface area contributed by atoms with Gasteiger partial charge in [-0.05, 0) is 19.1 Å². The van der Waals surface area contributed by atoms with Gasteiger partial charge in [-0.2, -0.15) is 9.61 Å². The van der Waals surface area contributed by atoms with Crippen LogP contribution in [-0.2, 0) is 27.3 Å². The van der Waals surface area contributed by atoms with Gasteiger partial charge in [-0.3, -0.25) is 4.79 Å². The van der Waals surface area contributed by atoms with Crippen molar-refractivity contribution in [1.29, 1.82) is 0 Å². The van der Waals surface area contributed by atoms with Gasteiger partial charge in [0.05, 0.1) is 12.3 Å². The molecule has 0 bridgehead atoms. The number of hydrogen-bond acceptors (Lipinski definition) is 8. The molecule has 3 rings (SSSR count). The lowest BCUT2D eigenvalue weighted by Crippen LogP contribution is -2.18. The maximum absolute atomic E-state index is 12.1. The highest BCUT2D eigenvalue weighted by atomic mass is 32.1. The van der Waals surface area contributed by atoms with Gasteiger partial charge < -0.3 is 14.2 Å². The Morgan fingerprint density at radius 1 is 1.26 bits per heavy atom. The summed E-state index contributed by atoms with van der Waals surface area (Å²) < 4.78 is 16.8. The molecule has 0 fully saturated rings. The average Bonchev–Trinajstić information content (AvgIpc) is 3.08. The molecule has 0 unspecified atom stereocenters. The SMILES string of the molecule is COCCc1nn2c(=O)cc(COC(=O)COc3ccc(C)cc3)nc2s1. The Bertz CT molecular complexity index is 981. The summed E-state index contributed by atoms with van der Waals surface area (Å²) in [6, 6.07) is 8.65. The van der Waals surface area contributed by atoms with E-state index in [0.29, 0.717) is 29.4 Å². The molecule has 0 aliphatic carbocycles. The van der Waals surface area contributed by atoms with Gasteiger partial charge >= 0.3 is 5.97 Å². The largest absolute Gasteiger partial charge is 0.482 e. The molecule has 0 spiro atoms. The van der Waals surface area contributed by atoms with Crippen LogP contribution in [0.4, 0.5) is 0 Å². The predicted molar refractivity (Wildman–Crippen MR) is 99.2 cm³/mol. The number of fused-ring (bicyclic) bond motifs is 1. The van der Waals surface area contributed by atoms with Crippen LogP contribution in [0.15, 0.2) is 35.1 Å². The van der Waals surface area contributed by atoms with Gasteiger partial charge in [0.25, 0.3) is 5.56 Å². The number of rotatable bonds is 8. The summed E-state index contributed by atoms with van der Waals surface area (Å²) >= 11 is 1.30. The molecule has 0 aliphatic heterocycles. The molecule has 3 aromatic rings. The quantitative estimate of drug-likeness (QED) is 0.542. The Morgan fingerprint density at radius 2 is 2.04 bits per heavy atom. The van der Waals surface area contributed by atoms with Crippen molar-refractivity contribution in [3.05, 3.63) is 57.0 Å². The van der Waals surface area contributed by atoms with Crippen LogP contribution >= 0.6 is 11.3 Å². The zero-order chi connectivity index (χ0) is 19.2. The smallest absolute Gasteiger partial charge is 0.344 e. The molecule has 0 amide bonds. The van der Waals surface area contributed by atoms with Crippen LogP contribution < -0.4 is 10.3 Å². The summed E-state index contributed by atoms with van der Waals surface area (Å²) in [5.74, 6) is 0.0475. The summed E-state index contributed by atoms with van der Waals surface area (Å²) in [6.07, 6.45) is 0.602. The fourth-order valence-corrected chi connectivity index (χ4v) is 3.13. The summed E-state index contributed by atoms with van der Waals surface area (Å²) in [5.41, 5.74) is 1.15. The van der Waals surface area contributed by atoms with E-state index in [9.17, 15) is 9.59 Å². The van der Waals surface area contributed by atoms with Crippen LogP contribution in [0.3, 0.4) is 0 Å². The fourth-order valence-electron chi connectivity index (χ4n) is 2.23. The number of carbonyl (C=O) groups is 1. The van der Waals surface area contributed by atoms with E-state index in [2.05, 4.69) is 10.1 Å². The molecule has 8 nitrogen and oxygen atoms in total. The first-order chi connectivity index (χ1) is 13.0. The van der Waals surface area contributed by atoms with Crippen LogP contribution in [0.25, 0.3) is 4.96 Å². The van der Waals surface area contributed by atoms with E-state index < -0.39 is 5.97 Å². The first-order valence-electron chi connectivity index (χ1n) is 8.28. The van der Waals surface area contributed by atoms with E-state index in [4.69, 9.17) is 14.2 Å². The molecule has 2 aromatic heterocycles. The minimum absolute atomic E-state index is 0.104. The van der Waals surface area contributed by atoms with Crippen molar-refractivity contribution < 1.29 is 19.0 Å². The molecule has 0 radical (unpaired) electrons. The number of carbonyl (C=O) groups excluding carboxylic acids is 1. The van der Waals surface area contributed by atoms with E-state index in [1.54, 1.807) is 19.2 Å². The van der Waals surface area contributed by atoms with Crippen LogP contribution in [0, 0.1) is 6.92 Å². The maximum Gasteiger partial charge on any atom is 0.344 e.